The molecular weight excluding hydrogens is 292 g/mol. The van der Waals surface area contributed by atoms with E-state index in [4.69, 9.17) is 4.74 Å². The molecule has 23 heavy (non-hydrogen) atoms. The van der Waals surface area contributed by atoms with Crippen molar-refractivity contribution in [2.75, 3.05) is 30.9 Å². The van der Waals surface area contributed by atoms with Crippen molar-refractivity contribution in [2.45, 2.75) is 20.3 Å². The first kappa shape index (κ1) is 16.9. The average molecular weight is 314 g/mol. The number of aromatic nitrogens is 2. The molecule has 0 aliphatic carbocycles. The van der Waals surface area contributed by atoms with Crippen LogP contribution in [0.4, 0.5) is 17.5 Å². The summed E-state index contributed by atoms with van der Waals surface area (Å²) >= 11 is 0. The van der Waals surface area contributed by atoms with Gasteiger partial charge >= 0.3 is 0 Å². The van der Waals surface area contributed by atoms with Gasteiger partial charge in [-0.15, -0.1) is 0 Å². The largest absolute Gasteiger partial charge is 0.385 e. The van der Waals surface area contributed by atoms with Crippen LogP contribution in [-0.2, 0) is 4.74 Å². The third-order valence-electron chi connectivity index (χ3n) is 3.21. The van der Waals surface area contributed by atoms with Crippen LogP contribution in [0, 0.1) is 6.92 Å². The highest BCUT2D eigenvalue weighted by molar-refractivity contribution is 5.95. The van der Waals surface area contributed by atoms with Crippen LogP contribution in [0.15, 0.2) is 30.3 Å². The van der Waals surface area contributed by atoms with Gasteiger partial charge in [-0.1, -0.05) is 12.1 Å². The number of ether oxygens (including phenoxy) is 1. The predicted molar refractivity (Wildman–Crippen MR) is 91.5 cm³/mol. The highest BCUT2D eigenvalue weighted by Crippen LogP contribution is 2.17. The van der Waals surface area contributed by atoms with Gasteiger partial charge in [-0.05, 0) is 32.4 Å². The fraction of sp³-hybridized carbons (Fsp3) is 0.353. The monoisotopic (exact) mass is 314 g/mol. The maximum absolute atomic E-state index is 11.5. The molecule has 0 aliphatic heterocycles. The molecule has 6 heteroatoms. The highest BCUT2D eigenvalue weighted by atomic mass is 16.5. The van der Waals surface area contributed by atoms with Crippen molar-refractivity contribution in [2.24, 2.45) is 0 Å². The van der Waals surface area contributed by atoms with Crippen molar-refractivity contribution < 1.29 is 9.53 Å². The van der Waals surface area contributed by atoms with E-state index in [1.807, 2.05) is 25.1 Å². The lowest BCUT2D eigenvalue weighted by Crippen LogP contribution is -2.08. The molecule has 2 aromatic rings. The number of ketones is 1. The summed E-state index contributed by atoms with van der Waals surface area (Å²) in [6.45, 7) is 4.95. The summed E-state index contributed by atoms with van der Waals surface area (Å²) in [4.78, 5) is 20.3. The first-order chi connectivity index (χ1) is 11.1. The first-order valence-electron chi connectivity index (χ1n) is 7.55. The molecule has 0 bridgehead atoms. The summed E-state index contributed by atoms with van der Waals surface area (Å²) in [6, 6.07) is 9.18. The minimum absolute atomic E-state index is 0.0271. The number of benzene rings is 1. The zero-order valence-corrected chi connectivity index (χ0v) is 13.7. The zero-order valence-electron chi connectivity index (χ0n) is 13.7. The lowest BCUT2D eigenvalue weighted by atomic mass is 10.1. The van der Waals surface area contributed by atoms with Gasteiger partial charge < -0.3 is 15.4 Å². The Morgan fingerprint density at radius 3 is 2.83 bits per heavy atom. The fourth-order valence-electron chi connectivity index (χ4n) is 2.09. The molecule has 0 fully saturated rings. The van der Waals surface area contributed by atoms with Crippen molar-refractivity contribution in [1.82, 2.24) is 9.97 Å². The molecule has 2 rings (SSSR count). The Balaban J connectivity index is 2.09. The second-order valence-corrected chi connectivity index (χ2v) is 5.25. The SMILES string of the molecule is COCCCNc1cc(C)nc(Nc2cccc(C(C)=O)c2)n1. The molecule has 0 atom stereocenters. The van der Waals surface area contributed by atoms with Crippen LogP contribution in [0.1, 0.15) is 29.4 Å². The predicted octanol–water partition coefficient (Wildman–Crippen LogP) is 3.18. The topological polar surface area (TPSA) is 76.1 Å². The van der Waals surface area contributed by atoms with Gasteiger partial charge in [0.15, 0.2) is 5.78 Å². The molecule has 0 spiro atoms. The number of Topliss-reactive ketones (excluding diaryl/α,β-unsaturated/α-hetero) is 1. The summed E-state index contributed by atoms with van der Waals surface area (Å²) in [7, 11) is 1.69. The van der Waals surface area contributed by atoms with Crippen LogP contribution >= 0.6 is 0 Å². The third-order valence-corrected chi connectivity index (χ3v) is 3.21. The molecule has 0 saturated heterocycles. The van der Waals surface area contributed by atoms with Crippen LogP contribution in [-0.4, -0.2) is 36.0 Å². The number of hydrogen-bond acceptors (Lipinski definition) is 6. The number of hydrogen-bond donors (Lipinski definition) is 2. The van der Waals surface area contributed by atoms with Crippen molar-refractivity contribution in [3.8, 4) is 0 Å². The van der Waals surface area contributed by atoms with E-state index >= 15 is 0 Å². The Kier molecular flexibility index (Phi) is 6.05. The minimum Gasteiger partial charge on any atom is -0.385 e. The molecule has 1 aromatic heterocycles. The van der Waals surface area contributed by atoms with E-state index in [1.165, 1.54) is 0 Å². The number of methoxy groups -OCH3 is 1. The van der Waals surface area contributed by atoms with Gasteiger partial charge in [0.2, 0.25) is 5.95 Å². The molecule has 6 nitrogen and oxygen atoms in total. The van der Waals surface area contributed by atoms with Gasteiger partial charge in [-0.2, -0.15) is 4.98 Å². The Bertz CT molecular complexity index is 673. The number of aryl methyl sites for hydroxylation is 1. The van der Waals surface area contributed by atoms with Crippen molar-refractivity contribution >= 4 is 23.2 Å². The molecule has 0 radical (unpaired) electrons. The molecule has 1 heterocycles. The second kappa shape index (κ2) is 8.24. The van der Waals surface area contributed by atoms with Crippen LogP contribution in [0.3, 0.4) is 0 Å². The highest BCUT2D eigenvalue weighted by Gasteiger charge is 2.05. The number of anilines is 3. The molecule has 1 aromatic carbocycles. The molecule has 2 N–H and O–H groups in total. The maximum Gasteiger partial charge on any atom is 0.229 e. The normalized spacial score (nSPS) is 10.4. The van der Waals surface area contributed by atoms with Crippen LogP contribution in [0.5, 0.6) is 0 Å². The lowest BCUT2D eigenvalue weighted by Gasteiger charge is -2.10. The summed E-state index contributed by atoms with van der Waals surface area (Å²) < 4.78 is 5.02. The van der Waals surface area contributed by atoms with E-state index in [0.29, 0.717) is 18.1 Å². The number of carbonyl (C=O) groups excluding carboxylic acids is 1. The maximum atomic E-state index is 11.5. The third kappa shape index (κ3) is 5.34. The van der Waals surface area contributed by atoms with E-state index in [9.17, 15) is 4.79 Å². The smallest absolute Gasteiger partial charge is 0.229 e. The van der Waals surface area contributed by atoms with E-state index in [2.05, 4.69) is 20.6 Å². The quantitative estimate of drug-likeness (QED) is 0.576. The van der Waals surface area contributed by atoms with E-state index in [1.54, 1.807) is 26.2 Å². The summed E-state index contributed by atoms with van der Waals surface area (Å²) in [5, 5.41) is 6.39. The summed E-state index contributed by atoms with van der Waals surface area (Å²) in [5.41, 5.74) is 2.30. The van der Waals surface area contributed by atoms with Gasteiger partial charge in [0, 0.05) is 43.3 Å². The zero-order chi connectivity index (χ0) is 16.7. The number of rotatable bonds is 8. The van der Waals surface area contributed by atoms with E-state index < -0.39 is 0 Å². The molecule has 0 amide bonds. The Labute approximate surface area is 136 Å². The molecule has 0 unspecified atom stereocenters. The van der Waals surface area contributed by atoms with Gasteiger partial charge in [0.25, 0.3) is 0 Å². The molecule has 0 aliphatic rings. The van der Waals surface area contributed by atoms with Crippen molar-refractivity contribution in [3.05, 3.63) is 41.6 Å². The summed E-state index contributed by atoms with van der Waals surface area (Å²) in [5.74, 6) is 1.29. The summed E-state index contributed by atoms with van der Waals surface area (Å²) in [6.07, 6.45) is 0.906. The van der Waals surface area contributed by atoms with Crippen LogP contribution < -0.4 is 10.6 Å². The van der Waals surface area contributed by atoms with Gasteiger partial charge in [0.05, 0.1) is 0 Å². The molecule has 0 saturated carbocycles. The molecule has 122 valence electrons. The average Bonchev–Trinajstić information content (AvgIpc) is 2.51. The number of nitrogens with zero attached hydrogens (tertiary/aromatic N) is 2. The minimum atomic E-state index is 0.0271. The van der Waals surface area contributed by atoms with Gasteiger partial charge in [-0.3, -0.25) is 4.79 Å². The van der Waals surface area contributed by atoms with Crippen molar-refractivity contribution in [1.29, 1.82) is 0 Å². The standard InChI is InChI=1S/C17H22N4O2/c1-12-10-16(18-8-5-9-23-3)21-17(19-12)20-15-7-4-6-14(11-15)13(2)22/h4,6-7,10-11H,5,8-9H2,1-3H3,(H2,18,19,20,21). The Morgan fingerprint density at radius 1 is 1.26 bits per heavy atom. The van der Waals surface area contributed by atoms with E-state index in [0.717, 1.165) is 30.2 Å². The number of carbonyl (C=O) groups is 1. The second-order valence-electron chi connectivity index (χ2n) is 5.25. The van der Waals surface area contributed by atoms with Crippen LogP contribution in [0.2, 0.25) is 0 Å². The van der Waals surface area contributed by atoms with Gasteiger partial charge in [0.1, 0.15) is 5.82 Å². The number of nitrogens with one attached hydrogen (secondary N) is 2. The Morgan fingerprint density at radius 2 is 2.09 bits per heavy atom. The van der Waals surface area contributed by atoms with Gasteiger partial charge in [-0.25, -0.2) is 4.98 Å². The van der Waals surface area contributed by atoms with Crippen molar-refractivity contribution in [3.63, 3.8) is 0 Å². The lowest BCUT2D eigenvalue weighted by molar-refractivity contribution is 0.101. The fourth-order valence-corrected chi connectivity index (χ4v) is 2.09. The Hall–Kier alpha value is -2.47. The van der Waals surface area contributed by atoms with E-state index in [-0.39, 0.29) is 5.78 Å². The first-order valence-corrected chi connectivity index (χ1v) is 7.55. The van der Waals surface area contributed by atoms with Crippen LogP contribution in [0.25, 0.3) is 0 Å². The molecular formula is C17H22N4O2.